The van der Waals surface area contributed by atoms with Gasteiger partial charge in [-0.2, -0.15) is 0 Å². The Morgan fingerprint density at radius 3 is 2.52 bits per heavy atom. The lowest BCUT2D eigenvalue weighted by Gasteiger charge is -2.06. The molecule has 6 N–H and O–H groups in total. The van der Waals surface area contributed by atoms with Crippen LogP contribution >= 0.6 is 11.3 Å². The lowest BCUT2D eigenvalue weighted by atomic mass is 10.1. The van der Waals surface area contributed by atoms with Gasteiger partial charge in [0.15, 0.2) is 0 Å². The van der Waals surface area contributed by atoms with Gasteiger partial charge < -0.3 is 20.6 Å². The molecule has 0 amide bonds. The van der Waals surface area contributed by atoms with Crippen molar-refractivity contribution in [1.29, 1.82) is 0 Å². The summed E-state index contributed by atoms with van der Waals surface area (Å²) < 4.78 is 0. The van der Waals surface area contributed by atoms with Crippen LogP contribution < -0.4 is 11.2 Å². The third kappa shape index (κ3) is 5.10. The Kier molecular flexibility index (Phi) is 7.15. The summed E-state index contributed by atoms with van der Waals surface area (Å²) in [6, 6.07) is 20.2. The number of rotatable bonds is 7. The summed E-state index contributed by atoms with van der Waals surface area (Å²) in [5.41, 5.74) is 4.78. The normalized spacial score (nSPS) is 10.6. The lowest BCUT2D eigenvalue weighted by Crippen LogP contribution is -2.16. The number of aromatic carboxylic acids is 1. The monoisotopic (exact) mass is 409 g/mol. The van der Waals surface area contributed by atoms with E-state index in [9.17, 15) is 4.79 Å². The third-order valence-corrected chi connectivity index (χ3v) is 5.75. The van der Waals surface area contributed by atoms with Crippen molar-refractivity contribution < 1.29 is 15.1 Å². The third-order valence-electron chi connectivity index (χ3n) is 4.63. The van der Waals surface area contributed by atoms with Gasteiger partial charge in [0.2, 0.25) is 0 Å². The van der Waals surface area contributed by atoms with Crippen molar-refractivity contribution >= 4 is 28.2 Å². The Balaban J connectivity index is 0.00000117. The van der Waals surface area contributed by atoms with Crippen molar-refractivity contribution in [2.75, 3.05) is 6.54 Å². The van der Waals surface area contributed by atoms with E-state index in [1.807, 2.05) is 24.3 Å². The summed E-state index contributed by atoms with van der Waals surface area (Å²) in [7, 11) is 0. The first-order chi connectivity index (χ1) is 14.2. The predicted molar refractivity (Wildman–Crippen MR) is 116 cm³/mol. The molecule has 0 aliphatic carbocycles. The zero-order chi connectivity index (χ0) is 20.6. The van der Waals surface area contributed by atoms with Gasteiger partial charge in [-0.25, -0.2) is 10.7 Å². The number of nitrogens with two attached hydrogens (primary N) is 1. The van der Waals surface area contributed by atoms with Gasteiger partial charge in [0.25, 0.3) is 0 Å². The highest BCUT2D eigenvalue weighted by molar-refractivity contribution is 7.17. The van der Waals surface area contributed by atoms with Crippen molar-refractivity contribution in [1.82, 2.24) is 10.3 Å². The fourth-order valence-electron chi connectivity index (χ4n) is 3.19. The zero-order valence-corrected chi connectivity index (χ0v) is 16.6. The fourth-order valence-corrected chi connectivity index (χ4v) is 4.04. The van der Waals surface area contributed by atoms with Gasteiger partial charge in [-0.3, -0.25) is 0 Å². The molecular weight excluding hydrogens is 386 g/mol. The van der Waals surface area contributed by atoms with Crippen LogP contribution in [-0.4, -0.2) is 27.8 Å². The molecule has 0 spiro atoms. The van der Waals surface area contributed by atoms with Crippen LogP contribution in [0.2, 0.25) is 0 Å². The molecule has 0 saturated heterocycles. The first-order valence-electron chi connectivity index (χ1n) is 9.15. The second-order valence-corrected chi connectivity index (χ2v) is 7.54. The quantitative estimate of drug-likeness (QED) is 0.231. The number of carboxylic acid groups (broad SMARTS) is 1. The van der Waals surface area contributed by atoms with E-state index in [4.69, 9.17) is 10.3 Å². The Morgan fingerprint density at radius 1 is 1.03 bits per heavy atom. The van der Waals surface area contributed by atoms with Gasteiger partial charge in [0, 0.05) is 28.5 Å². The zero-order valence-electron chi connectivity index (χ0n) is 15.8. The maximum atomic E-state index is 11.0. The fraction of sp³-hybridized carbons (Fsp3) is 0.136. The molecule has 2 aromatic carbocycles. The molecule has 7 heteroatoms. The molecule has 0 bridgehead atoms. The van der Waals surface area contributed by atoms with E-state index < -0.39 is 5.97 Å². The number of H-pyrrole nitrogens is 1. The van der Waals surface area contributed by atoms with Crippen molar-refractivity contribution in [2.24, 2.45) is 5.90 Å². The molecular formula is C22H23N3O3S. The van der Waals surface area contributed by atoms with Crippen molar-refractivity contribution in [3.8, 4) is 10.4 Å². The Hall–Kier alpha value is -2.97. The van der Waals surface area contributed by atoms with Crippen molar-refractivity contribution in [2.45, 2.75) is 13.0 Å². The van der Waals surface area contributed by atoms with E-state index in [2.05, 4.69) is 52.7 Å². The van der Waals surface area contributed by atoms with Crippen LogP contribution in [0.1, 0.15) is 20.8 Å². The smallest absolute Gasteiger partial charge is 0.345 e. The number of nitrogens with one attached hydrogen (secondary N) is 2. The largest absolute Gasteiger partial charge is 0.477 e. The maximum Gasteiger partial charge on any atom is 0.345 e. The number of aromatic amines is 1. The molecule has 0 aliphatic rings. The molecule has 2 heterocycles. The summed E-state index contributed by atoms with van der Waals surface area (Å²) in [6.45, 7) is 1.73. The van der Waals surface area contributed by atoms with Gasteiger partial charge >= 0.3 is 5.97 Å². The summed E-state index contributed by atoms with van der Waals surface area (Å²) >= 11 is 1.30. The van der Waals surface area contributed by atoms with Crippen LogP contribution in [0.5, 0.6) is 0 Å². The van der Waals surface area contributed by atoms with E-state index in [1.54, 1.807) is 6.07 Å². The van der Waals surface area contributed by atoms with Gasteiger partial charge in [-0.15, -0.1) is 11.3 Å². The molecule has 0 atom stereocenters. The number of hydrogen-bond acceptors (Lipinski definition) is 5. The molecule has 29 heavy (non-hydrogen) atoms. The molecule has 150 valence electrons. The highest BCUT2D eigenvalue weighted by Gasteiger charge is 2.08. The Labute approximate surface area is 172 Å². The van der Waals surface area contributed by atoms with Gasteiger partial charge in [-0.05, 0) is 47.9 Å². The van der Waals surface area contributed by atoms with E-state index in [1.165, 1.54) is 33.4 Å². The number of carbonyl (C=O) groups is 1. The van der Waals surface area contributed by atoms with Gasteiger partial charge in [0.1, 0.15) is 4.88 Å². The standard InChI is InChI=1S/C22H20N2O2S.H3NO/c25-22(26)21-10-9-20(27-21)16-7-5-15(6-8-16)13-23-12-11-17-14-24-19-4-2-1-3-18(17)19;1-2/h1-10,14,23-24H,11-13H2,(H,25,26);2H,1H2. The van der Waals surface area contributed by atoms with Gasteiger partial charge in [-0.1, -0.05) is 42.5 Å². The summed E-state index contributed by atoms with van der Waals surface area (Å²) in [4.78, 5) is 15.7. The second kappa shape index (κ2) is 9.99. The molecule has 0 aliphatic heterocycles. The van der Waals surface area contributed by atoms with Crippen molar-refractivity contribution in [3.05, 3.63) is 82.9 Å². The maximum absolute atomic E-state index is 11.0. The Bertz CT molecular complexity index is 1070. The van der Waals surface area contributed by atoms with Crippen molar-refractivity contribution in [3.63, 3.8) is 0 Å². The molecule has 6 nitrogen and oxygen atoms in total. The average molecular weight is 410 g/mol. The predicted octanol–water partition coefficient (Wildman–Crippen LogP) is 4.26. The number of para-hydroxylation sites is 1. The summed E-state index contributed by atoms with van der Waals surface area (Å²) in [5, 5.41) is 20.3. The number of thiophene rings is 1. The average Bonchev–Trinajstić information content (AvgIpc) is 3.41. The first kappa shape index (κ1) is 20.8. The van der Waals surface area contributed by atoms with Gasteiger partial charge in [0.05, 0.1) is 0 Å². The van der Waals surface area contributed by atoms with Crippen LogP contribution in [0.4, 0.5) is 0 Å². The molecule has 4 rings (SSSR count). The van der Waals surface area contributed by atoms with Crippen LogP contribution in [0, 0.1) is 0 Å². The van der Waals surface area contributed by atoms with E-state index in [0.717, 1.165) is 30.0 Å². The van der Waals surface area contributed by atoms with E-state index in [-0.39, 0.29) is 0 Å². The number of benzene rings is 2. The molecule has 2 aromatic heterocycles. The molecule has 0 fully saturated rings. The van der Waals surface area contributed by atoms with E-state index in [0.29, 0.717) is 4.88 Å². The van der Waals surface area contributed by atoms with E-state index >= 15 is 0 Å². The number of hydrogen-bond donors (Lipinski definition) is 5. The lowest BCUT2D eigenvalue weighted by molar-refractivity contribution is 0.0702. The van der Waals surface area contributed by atoms with Crippen LogP contribution in [0.25, 0.3) is 21.3 Å². The van der Waals surface area contributed by atoms with Crippen LogP contribution in [0.15, 0.2) is 66.9 Å². The second-order valence-electron chi connectivity index (χ2n) is 6.45. The first-order valence-corrected chi connectivity index (χ1v) is 9.96. The molecule has 0 unspecified atom stereocenters. The SMILES string of the molecule is NO.O=C(O)c1ccc(-c2ccc(CNCCc3c[nH]c4ccccc34)cc2)s1. The minimum Gasteiger partial charge on any atom is -0.477 e. The molecule has 0 radical (unpaired) electrons. The minimum absolute atomic E-state index is 0.369. The Morgan fingerprint density at radius 2 is 1.79 bits per heavy atom. The summed E-state index contributed by atoms with van der Waals surface area (Å²) in [6.07, 6.45) is 3.07. The number of carboxylic acids is 1. The highest BCUT2D eigenvalue weighted by Crippen LogP contribution is 2.28. The highest BCUT2D eigenvalue weighted by atomic mass is 32.1. The summed E-state index contributed by atoms with van der Waals surface area (Å²) in [5.74, 6) is 2.63. The molecule has 4 aromatic rings. The minimum atomic E-state index is -0.873. The topological polar surface area (TPSA) is 111 Å². The number of aromatic nitrogens is 1. The number of fused-ring (bicyclic) bond motifs is 1. The molecule has 0 saturated carbocycles. The van der Waals surface area contributed by atoms with Crippen LogP contribution in [-0.2, 0) is 13.0 Å². The van der Waals surface area contributed by atoms with Crippen LogP contribution in [0.3, 0.4) is 0 Å².